The number of unbranched alkanes of at least 4 members (excludes halogenated alkanes) is 38. The number of aliphatic hydroxyl groups is 6. The number of carbonyl (C=O) groups is 1. The molecule has 1 saturated carbocycles. The highest BCUT2D eigenvalue weighted by Gasteiger charge is 2.51. The smallest absolute Gasteiger partial charge is 0.387 e. The first-order chi connectivity index (χ1) is 32.9. The molecule has 9 atom stereocenters. The number of aliphatic hydroxyl groups excluding tert-OH is 6. The van der Waals surface area contributed by atoms with Crippen molar-refractivity contribution in [1.82, 2.24) is 5.32 Å². The van der Waals surface area contributed by atoms with Gasteiger partial charge in [0.2, 0.25) is 5.91 Å². The zero-order chi connectivity index (χ0) is 49.9. The molecular weight excluding hydrogens is 882 g/mol. The van der Waals surface area contributed by atoms with E-state index in [1.165, 1.54) is 212 Å². The van der Waals surface area contributed by atoms with E-state index < -0.39 is 63.2 Å². The second-order valence-electron chi connectivity index (χ2n) is 20.5. The largest absolute Gasteiger partial charge is 0.472 e. The zero-order valence-electron chi connectivity index (χ0n) is 43.7. The maximum absolute atomic E-state index is 13.0. The van der Waals surface area contributed by atoms with Crippen molar-refractivity contribution >= 4 is 13.7 Å². The quantitative estimate of drug-likeness (QED) is 0.0163. The first kappa shape index (κ1) is 65.1. The van der Waals surface area contributed by atoms with Crippen molar-refractivity contribution < 1.29 is 53.9 Å². The van der Waals surface area contributed by atoms with Crippen molar-refractivity contribution in [3.8, 4) is 0 Å². The third-order valence-corrected chi connectivity index (χ3v) is 15.1. The molecule has 0 heterocycles. The lowest BCUT2D eigenvalue weighted by Gasteiger charge is -2.41. The summed E-state index contributed by atoms with van der Waals surface area (Å²) in [6, 6.07) is -1.11. The van der Waals surface area contributed by atoms with Crippen LogP contribution in [0.2, 0.25) is 0 Å². The number of amides is 1. The Kier molecular flexibility index (Phi) is 42.8. The molecule has 12 nitrogen and oxygen atoms in total. The highest BCUT2D eigenvalue weighted by molar-refractivity contribution is 7.47. The van der Waals surface area contributed by atoms with Crippen LogP contribution in [0.4, 0.5) is 0 Å². The van der Waals surface area contributed by atoms with E-state index in [-0.39, 0.29) is 12.3 Å². The monoisotopic (exact) mass is 990 g/mol. The van der Waals surface area contributed by atoms with Crippen molar-refractivity contribution in [2.24, 2.45) is 0 Å². The lowest BCUT2D eigenvalue weighted by atomic mass is 9.85. The van der Waals surface area contributed by atoms with E-state index in [0.717, 1.165) is 44.9 Å². The molecule has 1 aliphatic rings. The van der Waals surface area contributed by atoms with Crippen LogP contribution in [0.5, 0.6) is 0 Å². The van der Waals surface area contributed by atoms with Crippen LogP contribution < -0.4 is 5.32 Å². The molecule has 0 aliphatic heterocycles. The van der Waals surface area contributed by atoms with E-state index >= 15 is 0 Å². The number of nitrogens with one attached hydrogen (secondary N) is 1. The fourth-order valence-corrected chi connectivity index (χ4v) is 10.4. The number of allylic oxidation sites excluding steroid dienone is 1. The lowest BCUT2D eigenvalue weighted by molar-refractivity contribution is -0.220. The summed E-state index contributed by atoms with van der Waals surface area (Å²) in [6.07, 6.45) is 41.9. The van der Waals surface area contributed by atoms with Crippen LogP contribution in [0.3, 0.4) is 0 Å². The molecule has 6 unspecified atom stereocenters. The Morgan fingerprint density at radius 2 is 0.779 bits per heavy atom. The summed E-state index contributed by atoms with van der Waals surface area (Å²) < 4.78 is 22.9. The average molecular weight is 990 g/mol. The van der Waals surface area contributed by atoms with E-state index in [1.807, 2.05) is 6.08 Å². The molecule has 0 aromatic rings. The molecule has 0 bridgehead atoms. The molecular formula is C55H108NO11P. The van der Waals surface area contributed by atoms with Gasteiger partial charge in [-0.15, -0.1) is 0 Å². The van der Waals surface area contributed by atoms with Crippen LogP contribution >= 0.6 is 7.82 Å². The van der Waals surface area contributed by atoms with Gasteiger partial charge in [-0.3, -0.25) is 13.8 Å². The highest BCUT2D eigenvalue weighted by Crippen LogP contribution is 2.47. The predicted molar refractivity (Wildman–Crippen MR) is 278 cm³/mol. The van der Waals surface area contributed by atoms with Gasteiger partial charge in [-0.1, -0.05) is 264 Å². The molecule has 13 heteroatoms. The molecule has 0 aromatic heterocycles. The van der Waals surface area contributed by atoms with E-state index in [9.17, 15) is 44.9 Å². The number of hydrogen-bond acceptors (Lipinski definition) is 10. The van der Waals surface area contributed by atoms with Gasteiger partial charge in [-0.2, -0.15) is 0 Å². The number of phosphoric ester groups is 1. The van der Waals surface area contributed by atoms with Crippen LogP contribution in [0, 0.1) is 0 Å². The lowest BCUT2D eigenvalue weighted by Crippen LogP contribution is -2.64. The SMILES string of the molecule is CCCCCCCCCC/C=C/[C@@H](O)[C@H](COP(=O)(O)OC1C(O)C(O)C(O)[C@@H](O)C1O)NC(=O)CCCCCCCCCCCCCCCCCCCCCCCCCCCCCCCCC. The molecule has 1 aliphatic carbocycles. The Bertz CT molecular complexity index is 1200. The third-order valence-electron chi connectivity index (χ3n) is 14.1. The molecule has 1 fully saturated rings. The molecule has 68 heavy (non-hydrogen) atoms. The molecule has 0 saturated heterocycles. The van der Waals surface area contributed by atoms with Crippen LogP contribution in [-0.4, -0.2) is 96.8 Å². The second-order valence-corrected chi connectivity index (χ2v) is 21.9. The van der Waals surface area contributed by atoms with Gasteiger partial charge in [0, 0.05) is 6.42 Å². The van der Waals surface area contributed by atoms with Crippen molar-refractivity contribution in [1.29, 1.82) is 0 Å². The zero-order valence-corrected chi connectivity index (χ0v) is 44.6. The summed E-state index contributed by atoms with van der Waals surface area (Å²) in [4.78, 5) is 23.4. The van der Waals surface area contributed by atoms with Gasteiger partial charge in [0.05, 0.1) is 18.8 Å². The van der Waals surface area contributed by atoms with Crippen molar-refractivity contribution in [2.45, 2.75) is 326 Å². The summed E-state index contributed by atoms with van der Waals surface area (Å²) in [5.74, 6) is -0.337. The second kappa shape index (κ2) is 44.8. The first-order valence-corrected chi connectivity index (χ1v) is 30.1. The van der Waals surface area contributed by atoms with Gasteiger partial charge in [0.25, 0.3) is 0 Å². The number of rotatable bonds is 49. The minimum absolute atomic E-state index is 0.219. The molecule has 0 aromatic carbocycles. The topological polar surface area (TPSA) is 206 Å². The first-order valence-electron chi connectivity index (χ1n) is 28.6. The van der Waals surface area contributed by atoms with E-state index in [2.05, 4.69) is 19.2 Å². The Hall–Kier alpha value is -0.920. The van der Waals surface area contributed by atoms with E-state index in [0.29, 0.717) is 6.42 Å². The van der Waals surface area contributed by atoms with Gasteiger partial charge in [0.1, 0.15) is 36.6 Å². The van der Waals surface area contributed by atoms with E-state index in [4.69, 9.17) is 9.05 Å². The van der Waals surface area contributed by atoms with Gasteiger partial charge in [0.15, 0.2) is 0 Å². The van der Waals surface area contributed by atoms with Crippen molar-refractivity contribution in [3.63, 3.8) is 0 Å². The van der Waals surface area contributed by atoms with Crippen LogP contribution in [-0.2, 0) is 18.4 Å². The van der Waals surface area contributed by atoms with Crippen molar-refractivity contribution in [2.75, 3.05) is 6.61 Å². The molecule has 0 radical (unpaired) electrons. The van der Waals surface area contributed by atoms with Crippen LogP contribution in [0.15, 0.2) is 12.2 Å². The van der Waals surface area contributed by atoms with Crippen LogP contribution in [0.1, 0.15) is 277 Å². The number of hydrogen-bond donors (Lipinski definition) is 8. The Morgan fingerprint density at radius 1 is 0.485 bits per heavy atom. The fourth-order valence-electron chi connectivity index (χ4n) is 9.44. The average Bonchev–Trinajstić information content (AvgIpc) is 3.32. The molecule has 0 spiro atoms. The summed E-state index contributed by atoms with van der Waals surface area (Å²) in [5, 5.41) is 64.1. The summed E-state index contributed by atoms with van der Waals surface area (Å²) >= 11 is 0. The van der Waals surface area contributed by atoms with Gasteiger partial charge < -0.3 is 40.8 Å². The van der Waals surface area contributed by atoms with Gasteiger partial charge in [-0.25, -0.2) is 4.57 Å². The molecule has 404 valence electrons. The highest BCUT2D eigenvalue weighted by atomic mass is 31.2. The Balaban J connectivity index is 2.18. The summed E-state index contributed by atoms with van der Waals surface area (Å²) in [5.41, 5.74) is 0. The standard InChI is InChI=1S/C55H108NO11P/c1-3-5-7-9-11-13-15-16-17-18-19-20-21-22-23-24-25-26-27-28-29-30-31-32-33-34-35-37-39-41-43-45-49(58)56-47(48(57)44-42-40-38-36-14-12-10-8-6-4-2)46-66-68(64,65)67-55-53(62)51(60)50(59)52(61)54(55)63/h42,44,47-48,50-55,57,59-63H,3-41,43,45-46H2,1-2H3,(H,56,58)(H,64,65)/b44-42+/t47-,48+,50?,51+,52?,53?,54?,55?/m0/s1. The molecule has 8 N–H and O–H groups in total. The van der Waals surface area contributed by atoms with E-state index in [1.54, 1.807) is 0 Å². The predicted octanol–water partition coefficient (Wildman–Crippen LogP) is 12.7. The number of phosphoric acid groups is 1. The normalized spacial score (nSPS) is 21.6. The minimum atomic E-state index is -5.08. The summed E-state index contributed by atoms with van der Waals surface area (Å²) in [7, 11) is -5.08. The number of carbonyl (C=O) groups excluding carboxylic acids is 1. The van der Waals surface area contributed by atoms with Crippen molar-refractivity contribution in [3.05, 3.63) is 12.2 Å². The van der Waals surface area contributed by atoms with Crippen LogP contribution in [0.25, 0.3) is 0 Å². The third kappa shape index (κ3) is 35.2. The maximum Gasteiger partial charge on any atom is 0.472 e. The van der Waals surface area contributed by atoms with Gasteiger partial charge >= 0.3 is 7.82 Å². The summed E-state index contributed by atoms with van der Waals surface area (Å²) in [6.45, 7) is 3.84. The fraction of sp³-hybridized carbons (Fsp3) is 0.945. The Labute approximate surface area is 416 Å². The molecule has 1 amide bonds. The van der Waals surface area contributed by atoms with Gasteiger partial charge in [-0.05, 0) is 19.3 Å². The maximum atomic E-state index is 13.0. The minimum Gasteiger partial charge on any atom is -0.387 e. The molecule has 1 rings (SSSR count). The Morgan fingerprint density at radius 3 is 1.12 bits per heavy atom.